The highest BCUT2D eigenvalue weighted by Crippen LogP contribution is 2.36. The molecule has 0 radical (unpaired) electrons. The van der Waals surface area contributed by atoms with E-state index in [-0.39, 0.29) is 23.8 Å². The second-order valence-electron chi connectivity index (χ2n) is 13.2. The highest BCUT2D eigenvalue weighted by molar-refractivity contribution is 6.42. The van der Waals surface area contributed by atoms with E-state index in [1.165, 1.54) is 5.69 Å². The van der Waals surface area contributed by atoms with Crippen LogP contribution >= 0.6 is 23.2 Å². The minimum absolute atomic E-state index is 0.0255. The van der Waals surface area contributed by atoms with E-state index in [4.69, 9.17) is 23.2 Å². The molecule has 0 aliphatic carbocycles. The lowest BCUT2D eigenvalue weighted by Crippen LogP contribution is -2.53. The number of carbonyl (C=O) groups excluding carboxylic acids is 3. The van der Waals surface area contributed by atoms with E-state index in [1.807, 2.05) is 60.0 Å². The number of hydrogen-bond acceptors (Lipinski definition) is 6. The SMILES string of the molecule is Cc1cc(C)cc(C(=O)N2CCN(C(=O)CCN3CC4CC3CN4c3ccc(N4NCCC4=O)cc3)C(c3ccc(Cl)c(Cl)c3)C2)c1. The fourth-order valence-corrected chi connectivity index (χ4v) is 8.08. The third-order valence-electron chi connectivity index (χ3n) is 10.0. The summed E-state index contributed by atoms with van der Waals surface area (Å²) in [5.74, 6) is 0.154. The normalized spacial score (nSPS) is 22.9. The number of nitrogens with zero attached hydrogens (tertiary/aromatic N) is 5. The molecule has 4 aliphatic heterocycles. The van der Waals surface area contributed by atoms with Crippen LogP contribution in [0.4, 0.5) is 11.4 Å². The van der Waals surface area contributed by atoms with Crippen LogP contribution in [0.15, 0.2) is 60.7 Å². The van der Waals surface area contributed by atoms with Gasteiger partial charge in [0.15, 0.2) is 0 Å². The van der Waals surface area contributed by atoms with Gasteiger partial charge >= 0.3 is 0 Å². The molecule has 47 heavy (non-hydrogen) atoms. The van der Waals surface area contributed by atoms with Crippen LogP contribution in [0.1, 0.15) is 52.4 Å². The molecule has 246 valence electrons. The van der Waals surface area contributed by atoms with Gasteiger partial charge in [0.05, 0.1) is 21.8 Å². The predicted molar refractivity (Wildman–Crippen MR) is 185 cm³/mol. The summed E-state index contributed by atoms with van der Waals surface area (Å²) in [6.07, 6.45) is 2.01. The Morgan fingerprint density at radius 2 is 1.60 bits per heavy atom. The van der Waals surface area contributed by atoms with Gasteiger partial charge in [-0.3, -0.25) is 19.3 Å². The fraction of sp³-hybridized carbons (Fsp3) is 0.417. The first kappa shape index (κ1) is 31.9. The zero-order valence-electron chi connectivity index (χ0n) is 26.8. The molecular weight excluding hydrogens is 635 g/mol. The van der Waals surface area contributed by atoms with Crippen LogP contribution < -0.4 is 15.3 Å². The van der Waals surface area contributed by atoms with Crippen molar-refractivity contribution >= 4 is 52.3 Å². The molecule has 2 bridgehead atoms. The zero-order valence-corrected chi connectivity index (χ0v) is 28.3. The van der Waals surface area contributed by atoms with Crippen LogP contribution in [0.3, 0.4) is 0 Å². The Kier molecular flexibility index (Phi) is 8.91. The number of benzene rings is 3. The van der Waals surface area contributed by atoms with Gasteiger partial charge in [-0.05, 0) is 74.4 Å². The first-order valence-corrected chi connectivity index (χ1v) is 17.2. The molecule has 9 nitrogen and oxygen atoms in total. The van der Waals surface area contributed by atoms with Crippen molar-refractivity contribution in [1.82, 2.24) is 20.1 Å². The van der Waals surface area contributed by atoms with Gasteiger partial charge in [-0.25, -0.2) is 10.4 Å². The van der Waals surface area contributed by atoms with Gasteiger partial charge in [0.1, 0.15) is 0 Å². The topological polar surface area (TPSA) is 79.4 Å². The van der Waals surface area contributed by atoms with Crippen molar-refractivity contribution in [3.05, 3.63) is 93.0 Å². The van der Waals surface area contributed by atoms with E-state index in [1.54, 1.807) is 11.1 Å². The Morgan fingerprint density at radius 1 is 0.851 bits per heavy atom. The second kappa shape index (κ2) is 13.1. The van der Waals surface area contributed by atoms with E-state index in [0.29, 0.717) is 73.3 Å². The molecule has 0 spiro atoms. The summed E-state index contributed by atoms with van der Waals surface area (Å²) in [7, 11) is 0. The number of hydrazine groups is 1. The van der Waals surface area contributed by atoms with Gasteiger partial charge in [0.25, 0.3) is 5.91 Å². The number of rotatable bonds is 7. The number of amides is 3. The number of hydrogen-bond donors (Lipinski definition) is 1. The first-order chi connectivity index (χ1) is 22.6. The Balaban J connectivity index is 0.994. The lowest BCUT2D eigenvalue weighted by Gasteiger charge is -2.42. The summed E-state index contributed by atoms with van der Waals surface area (Å²) in [6, 6.07) is 20.1. The Hall–Kier alpha value is -3.63. The Labute approximate surface area is 286 Å². The minimum Gasteiger partial charge on any atom is -0.366 e. The third kappa shape index (κ3) is 6.46. The number of carbonyl (C=O) groups is 3. The molecule has 3 unspecified atom stereocenters. The molecule has 4 heterocycles. The number of aryl methyl sites for hydroxylation is 2. The summed E-state index contributed by atoms with van der Waals surface area (Å²) in [6.45, 7) is 8.52. The van der Waals surface area contributed by atoms with Crippen LogP contribution in [0, 0.1) is 13.8 Å². The third-order valence-corrected chi connectivity index (χ3v) is 10.8. The standard InChI is InChI=1S/C36H40Cl2N6O3/c1-23-15-24(2)17-26(16-23)36(47)41-13-14-42(33(22-41)25-3-8-31(37)32(38)18-25)34(45)10-12-40-20-30-19-29(40)21-43(30)27-4-6-28(7-5-27)44-35(46)9-11-39-44/h3-8,15-18,29-30,33,39H,9-14,19-22H2,1-2H3. The molecule has 0 aromatic heterocycles. The summed E-state index contributed by atoms with van der Waals surface area (Å²) >= 11 is 12.7. The van der Waals surface area contributed by atoms with Crippen LogP contribution in [0.25, 0.3) is 0 Å². The molecule has 3 aromatic carbocycles. The highest BCUT2D eigenvalue weighted by Gasteiger charge is 2.43. The predicted octanol–water partition coefficient (Wildman–Crippen LogP) is 5.23. The number of halogens is 2. The maximum absolute atomic E-state index is 13.9. The van der Waals surface area contributed by atoms with Crippen LogP contribution in [0.5, 0.6) is 0 Å². The van der Waals surface area contributed by atoms with Gasteiger partial charge in [-0.1, -0.05) is 46.5 Å². The molecule has 3 aromatic rings. The van der Waals surface area contributed by atoms with E-state index in [0.717, 1.165) is 41.9 Å². The summed E-state index contributed by atoms with van der Waals surface area (Å²) in [4.78, 5) is 48.3. The van der Waals surface area contributed by atoms with Crippen LogP contribution in [0.2, 0.25) is 10.0 Å². The molecule has 0 saturated carbocycles. The summed E-state index contributed by atoms with van der Waals surface area (Å²) in [5, 5.41) is 2.52. The summed E-state index contributed by atoms with van der Waals surface area (Å²) in [5.41, 5.74) is 8.81. The van der Waals surface area contributed by atoms with Crippen LogP contribution in [-0.4, -0.2) is 90.3 Å². The van der Waals surface area contributed by atoms with Gasteiger partial charge in [-0.2, -0.15) is 0 Å². The Morgan fingerprint density at radius 3 is 2.26 bits per heavy atom. The monoisotopic (exact) mass is 674 g/mol. The number of nitrogens with one attached hydrogen (secondary N) is 1. The fourth-order valence-electron chi connectivity index (χ4n) is 7.78. The van der Waals surface area contributed by atoms with E-state index >= 15 is 0 Å². The highest BCUT2D eigenvalue weighted by atomic mass is 35.5. The minimum atomic E-state index is -0.319. The van der Waals surface area contributed by atoms with E-state index in [9.17, 15) is 14.4 Å². The number of anilines is 2. The Bertz CT molecular complexity index is 1680. The summed E-state index contributed by atoms with van der Waals surface area (Å²) < 4.78 is 0. The maximum atomic E-state index is 13.9. The smallest absolute Gasteiger partial charge is 0.254 e. The molecule has 4 fully saturated rings. The van der Waals surface area contributed by atoms with Crippen molar-refractivity contribution in [3.63, 3.8) is 0 Å². The van der Waals surface area contributed by atoms with Crippen molar-refractivity contribution in [2.45, 2.75) is 51.2 Å². The number of likely N-dealkylation sites (tertiary alicyclic amines) is 1. The largest absolute Gasteiger partial charge is 0.366 e. The average Bonchev–Trinajstić information content (AvgIpc) is 3.80. The molecule has 4 saturated heterocycles. The molecule has 1 N–H and O–H groups in total. The molecule has 3 atom stereocenters. The molecule has 4 aliphatic rings. The molecule has 11 heteroatoms. The van der Waals surface area contributed by atoms with Crippen molar-refractivity contribution in [2.24, 2.45) is 0 Å². The van der Waals surface area contributed by atoms with Crippen LogP contribution in [-0.2, 0) is 9.59 Å². The quantitative estimate of drug-likeness (QED) is 0.370. The molecular formula is C36H40Cl2N6O3. The lowest BCUT2D eigenvalue weighted by molar-refractivity contribution is -0.136. The average molecular weight is 676 g/mol. The van der Waals surface area contributed by atoms with Crippen molar-refractivity contribution in [1.29, 1.82) is 0 Å². The lowest BCUT2D eigenvalue weighted by atomic mass is 10.00. The van der Waals surface area contributed by atoms with E-state index < -0.39 is 0 Å². The van der Waals surface area contributed by atoms with Gasteiger partial charge in [0.2, 0.25) is 11.8 Å². The maximum Gasteiger partial charge on any atom is 0.254 e. The zero-order chi connectivity index (χ0) is 32.8. The van der Waals surface area contributed by atoms with Crippen molar-refractivity contribution < 1.29 is 14.4 Å². The van der Waals surface area contributed by atoms with Gasteiger partial charge in [-0.15, -0.1) is 0 Å². The molecule has 7 rings (SSSR count). The number of piperazine rings is 2. The van der Waals surface area contributed by atoms with E-state index in [2.05, 4.69) is 33.4 Å². The van der Waals surface area contributed by atoms with Crippen molar-refractivity contribution in [3.8, 4) is 0 Å². The van der Waals surface area contributed by atoms with Gasteiger partial charge < -0.3 is 14.7 Å². The van der Waals surface area contributed by atoms with Gasteiger partial charge in [0, 0.05) is 82.0 Å². The first-order valence-electron chi connectivity index (χ1n) is 16.4. The number of fused-ring (bicyclic) bond motifs is 2. The molecule has 3 amide bonds. The van der Waals surface area contributed by atoms with Crippen molar-refractivity contribution in [2.75, 3.05) is 55.7 Å². The second-order valence-corrected chi connectivity index (χ2v) is 14.1.